The van der Waals surface area contributed by atoms with E-state index in [9.17, 15) is 4.79 Å². The van der Waals surface area contributed by atoms with Crippen LogP contribution in [0.15, 0.2) is 71.9 Å². The maximum Gasteiger partial charge on any atom is 0.317 e. The van der Waals surface area contributed by atoms with Gasteiger partial charge in [0, 0.05) is 37.4 Å². The second-order valence-corrected chi connectivity index (χ2v) is 6.86. The van der Waals surface area contributed by atoms with Crippen LogP contribution in [-0.2, 0) is 13.1 Å². The number of urea groups is 1. The molecule has 26 heavy (non-hydrogen) atoms. The van der Waals surface area contributed by atoms with Gasteiger partial charge in [0.2, 0.25) is 0 Å². The number of amides is 2. The molecule has 0 aliphatic heterocycles. The smallest absolute Gasteiger partial charge is 0.317 e. The molecule has 0 atom stereocenters. The first-order chi connectivity index (χ1) is 12.7. The predicted molar refractivity (Wildman–Crippen MR) is 105 cm³/mol. The fourth-order valence-corrected chi connectivity index (χ4v) is 3.03. The van der Waals surface area contributed by atoms with Crippen molar-refractivity contribution in [3.8, 4) is 5.69 Å². The van der Waals surface area contributed by atoms with Gasteiger partial charge in [0.05, 0.1) is 5.69 Å². The minimum atomic E-state index is -0.0940. The zero-order valence-corrected chi connectivity index (χ0v) is 15.7. The molecule has 0 saturated carbocycles. The van der Waals surface area contributed by atoms with Crippen LogP contribution in [0.1, 0.15) is 11.1 Å². The van der Waals surface area contributed by atoms with Crippen molar-refractivity contribution in [1.29, 1.82) is 0 Å². The summed E-state index contributed by atoms with van der Waals surface area (Å²) in [7, 11) is 1.80. The molecule has 0 unspecified atom stereocenters. The van der Waals surface area contributed by atoms with Gasteiger partial charge >= 0.3 is 6.03 Å². The molecule has 3 aromatic rings. The molecule has 5 nitrogen and oxygen atoms in total. The van der Waals surface area contributed by atoms with Crippen molar-refractivity contribution < 1.29 is 4.79 Å². The Kier molecular flexibility index (Phi) is 5.96. The predicted octanol–water partition coefficient (Wildman–Crippen LogP) is 3.94. The fourth-order valence-electron chi connectivity index (χ4n) is 2.62. The van der Waals surface area contributed by atoms with Gasteiger partial charge in [0.1, 0.15) is 0 Å². The highest BCUT2D eigenvalue weighted by molar-refractivity contribution is 7.98. The van der Waals surface area contributed by atoms with Crippen LogP contribution >= 0.6 is 11.8 Å². The topological polar surface area (TPSA) is 50.2 Å². The van der Waals surface area contributed by atoms with E-state index in [0.717, 1.165) is 16.8 Å². The molecule has 134 valence electrons. The van der Waals surface area contributed by atoms with Crippen LogP contribution in [0.5, 0.6) is 0 Å². The summed E-state index contributed by atoms with van der Waals surface area (Å²) in [4.78, 5) is 15.3. The molecule has 1 heterocycles. The van der Waals surface area contributed by atoms with Gasteiger partial charge < -0.3 is 10.2 Å². The monoisotopic (exact) mass is 366 g/mol. The Balaban J connectivity index is 1.55. The van der Waals surface area contributed by atoms with E-state index >= 15 is 0 Å². The summed E-state index contributed by atoms with van der Waals surface area (Å²) < 4.78 is 1.80. The average molecular weight is 366 g/mol. The molecule has 1 aromatic heterocycles. The van der Waals surface area contributed by atoms with Gasteiger partial charge in [-0.25, -0.2) is 9.48 Å². The fraction of sp³-hybridized carbons (Fsp3) is 0.200. The van der Waals surface area contributed by atoms with Crippen molar-refractivity contribution in [3.05, 3.63) is 78.1 Å². The first kappa shape index (κ1) is 18.1. The van der Waals surface area contributed by atoms with E-state index in [1.165, 1.54) is 4.90 Å². The molecule has 2 amide bonds. The van der Waals surface area contributed by atoms with E-state index in [1.54, 1.807) is 34.6 Å². The Morgan fingerprint density at radius 1 is 1.15 bits per heavy atom. The second kappa shape index (κ2) is 8.58. The number of thioether (sulfide) groups is 1. The van der Waals surface area contributed by atoms with Crippen LogP contribution in [0.25, 0.3) is 5.69 Å². The van der Waals surface area contributed by atoms with E-state index in [4.69, 9.17) is 0 Å². The number of carbonyl (C=O) groups excluding carboxylic acids is 1. The summed E-state index contributed by atoms with van der Waals surface area (Å²) in [5, 5.41) is 7.20. The molecular formula is C20H22N4OS. The van der Waals surface area contributed by atoms with Crippen LogP contribution in [0.2, 0.25) is 0 Å². The Bertz CT molecular complexity index is 847. The summed E-state index contributed by atoms with van der Waals surface area (Å²) in [5.41, 5.74) is 3.12. The molecule has 0 spiro atoms. The summed E-state index contributed by atoms with van der Waals surface area (Å²) >= 11 is 1.71. The molecule has 0 fully saturated rings. The molecule has 6 heteroatoms. The molecule has 0 radical (unpaired) electrons. The highest BCUT2D eigenvalue weighted by Gasteiger charge is 2.09. The normalized spacial score (nSPS) is 10.5. The van der Waals surface area contributed by atoms with Crippen LogP contribution in [-0.4, -0.2) is 34.0 Å². The van der Waals surface area contributed by atoms with Crippen molar-refractivity contribution in [2.45, 2.75) is 18.0 Å². The Labute approximate surface area is 158 Å². The first-order valence-electron chi connectivity index (χ1n) is 8.36. The third-order valence-electron chi connectivity index (χ3n) is 4.05. The van der Waals surface area contributed by atoms with Crippen molar-refractivity contribution in [3.63, 3.8) is 0 Å². The third kappa shape index (κ3) is 4.67. The summed E-state index contributed by atoms with van der Waals surface area (Å²) in [6.07, 6.45) is 5.69. The van der Waals surface area contributed by atoms with Gasteiger partial charge in [0.15, 0.2) is 0 Å². The van der Waals surface area contributed by atoms with Crippen molar-refractivity contribution >= 4 is 17.8 Å². The number of benzene rings is 2. The summed E-state index contributed by atoms with van der Waals surface area (Å²) in [6.45, 7) is 1.05. The Morgan fingerprint density at radius 2 is 1.96 bits per heavy atom. The van der Waals surface area contributed by atoms with E-state index < -0.39 is 0 Å². The molecule has 2 aromatic carbocycles. The lowest BCUT2D eigenvalue weighted by atomic mass is 10.2. The largest absolute Gasteiger partial charge is 0.334 e. The summed E-state index contributed by atoms with van der Waals surface area (Å²) in [6, 6.07) is 18.0. The van der Waals surface area contributed by atoms with E-state index in [1.807, 2.05) is 36.5 Å². The van der Waals surface area contributed by atoms with Gasteiger partial charge in [-0.05, 0) is 47.7 Å². The highest BCUT2D eigenvalue weighted by atomic mass is 32.2. The van der Waals surface area contributed by atoms with E-state index in [0.29, 0.717) is 13.1 Å². The van der Waals surface area contributed by atoms with E-state index in [-0.39, 0.29) is 6.03 Å². The molecule has 0 bridgehead atoms. The van der Waals surface area contributed by atoms with Crippen LogP contribution in [0.3, 0.4) is 0 Å². The summed E-state index contributed by atoms with van der Waals surface area (Å²) in [5.74, 6) is 0. The number of hydrogen-bond acceptors (Lipinski definition) is 3. The minimum Gasteiger partial charge on any atom is -0.334 e. The number of nitrogens with zero attached hydrogens (tertiary/aromatic N) is 3. The maximum atomic E-state index is 12.4. The lowest BCUT2D eigenvalue weighted by molar-refractivity contribution is 0.206. The average Bonchev–Trinajstić information content (AvgIpc) is 3.22. The maximum absolute atomic E-state index is 12.4. The number of rotatable bonds is 6. The van der Waals surface area contributed by atoms with Gasteiger partial charge in [-0.2, -0.15) is 5.10 Å². The number of hydrogen-bond donors (Lipinski definition) is 1. The first-order valence-corrected chi connectivity index (χ1v) is 9.59. The molecule has 1 N–H and O–H groups in total. The number of carbonyl (C=O) groups is 1. The second-order valence-electron chi connectivity index (χ2n) is 5.98. The van der Waals surface area contributed by atoms with Gasteiger partial charge in [-0.1, -0.05) is 24.3 Å². The van der Waals surface area contributed by atoms with Crippen molar-refractivity contribution in [2.75, 3.05) is 13.3 Å². The Morgan fingerprint density at radius 3 is 2.65 bits per heavy atom. The number of nitrogens with one attached hydrogen (secondary N) is 1. The zero-order chi connectivity index (χ0) is 18.4. The SMILES string of the molecule is CSc1ccc(CN(C)C(=O)NCc2cccc(-n3cccn3)c2)cc1. The standard InChI is InChI=1S/C20H22N4OS/c1-23(15-16-7-9-19(26-2)10-8-16)20(25)21-14-17-5-3-6-18(13-17)24-12-4-11-22-24/h3-13H,14-15H2,1-2H3,(H,21,25). The van der Waals surface area contributed by atoms with Crippen LogP contribution in [0, 0.1) is 0 Å². The lowest BCUT2D eigenvalue weighted by Gasteiger charge is -2.18. The Hall–Kier alpha value is -2.73. The molecule has 3 rings (SSSR count). The molecule has 0 saturated heterocycles. The minimum absolute atomic E-state index is 0.0940. The van der Waals surface area contributed by atoms with Crippen molar-refractivity contribution in [1.82, 2.24) is 20.0 Å². The van der Waals surface area contributed by atoms with Gasteiger partial charge in [0.25, 0.3) is 0 Å². The molecule has 0 aliphatic rings. The molecular weight excluding hydrogens is 344 g/mol. The van der Waals surface area contributed by atoms with E-state index in [2.05, 4.69) is 40.9 Å². The van der Waals surface area contributed by atoms with Crippen molar-refractivity contribution in [2.24, 2.45) is 0 Å². The van der Waals surface area contributed by atoms with Crippen LogP contribution < -0.4 is 5.32 Å². The van der Waals surface area contributed by atoms with Gasteiger partial charge in [-0.15, -0.1) is 11.8 Å². The van der Waals surface area contributed by atoms with Gasteiger partial charge in [-0.3, -0.25) is 0 Å². The highest BCUT2D eigenvalue weighted by Crippen LogP contribution is 2.15. The number of aromatic nitrogens is 2. The quantitative estimate of drug-likeness (QED) is 0.673. The zero-order valence-electron chi connectivity index (χ0n) is 14.9. The van der Waals surface area contributed by atoms with Crippen LogP contribution in [0.4, 0.5) is 4.79 Å². The molecule has 0 aliphatic carbocycles. The lowest BCUT2D eigenvalue weighted by Crippen LogP contribution is -2.36. The third-order valence-corrected chi connectivity index (χ3v) is 4.79.